The van der Waals surface area contributed by atoms with E-state index in [1.165, 1.54) is 19.2 Å². The topological polar surface area (TPSA) is 279 Å². The maximum absolute atomic E-state index is 13.3. The van der Waals surface area contributed by atoms with Crippen LogP contribution in [0, 0.1) is 0 Å². The summed E-state index contributed by atoms with van der Waals surface area (Å²) in [5, 5.41) is 20.5. The minimum atomic E-state index is -5.03. The van der Waals surface area contributed by atoms with E-state index in [0.717, 1.165) is 41.7 Å². The van der Waals surface area contributed by atoms with Crippen LogP contribution < -0.4 is 31.4 Å². The number of hydroxylamine groups is 2. The second-order valence-electron chi connectivity index (χ2n) is 12.5. The Kier molecular flexibility index (Phi) is 13.1. The van der Waals surface area contributed by atoms with E-state index in [1.54, 1.807) is 41.9 Å². The number of nitrogens with one attached hydrogen (secondary N) is 2. The molecule has 2 aromatic heterocycles. The number of β-lactam (4-membered cyclic amide) rings is 1. The Bertz CT molecular complexity index is 1970. The van der Waals surface area contributed by atoms with Crippen LogP contribution in [0.15, 0.2) is 53.1 Å². The van der Waals surface area contributed by atoms with Crippen molar-refractivity contribution in [3.8, 4) is 16.9 Å². The van der Waals surface area contributed by atoms with Crippen molar-refractivity contribution in [3.63, 3.8) is 0 Å². The lowest BCUT2D eigenvalue weighted by atomic mass is 9.84. The molecule has 1 saturated heterocycles. The fraction of sp³-hybridized carbons (Fsp3) is 0.406. The largest absolute Gasteiger partial charge is 0.489 e. The zero-order valence-electron chi connectivity index (χ0n) is 29.2. The second kappa shape index (κ2) is 17.1. The molecule has 1 aliphatic rings. The third-order valence-corrected chi connectivity index (χ3v) is 9.09. The molecule has 1 aromatic carbocycles. The molecule has 3 atom stereocenters. The van der Waals surface area contributed by atoms with E-state index in [9.17, 15) is 32.7 Å². The van der Waals surface area contributed by atoms with Crippen molar-refractivity contribution < 1.29 is 55.7 Å². The molecule has 0 aliphatic carbocycles. The molecule has 0 unspecified atom stereocenters. The third kappa shape index (κ3) is 10.4. The number of ether oxygens (including phenoxy) is 1. The molecule has 286 valence electrons. The van der Waals surface area contributed by atoms with Crippen molar-refractivity contribution in [1.82, 2.24) is 15.4 Å². The molecule has 0 spiro atoms. The lowest BCUT2D eigenvalue weighted by Gasteiger charge is -2.50. The standard InChI is InChI=1S/C32H40N8O11S2/c1-5-6-7-8-21(33)27(41)36-24-14-11-19(15-39(24)4)18-9-12-20(13-10-18)49-16-23(30(44)45)50-38-25(22-17-52-31(34)35-22)28(42)37-26-29(43)40(32(26,2)3)51-53(46,47)48/h9-15,17,21,23,26H,5-8,16,33H2,1-4H3,(H5,34,35,37,42,44,45,46,47,48)/p+1/b38-25-/t21-,23-,26+/m0/s1. The minimum Gasteiger partial charge on any atom is -0.489 e. The molecule has 21 heteroatoms. The first kappa shape index (κ1) is 40.5. The first-order valence-corrected chi connectivity index (χ1v) is 18.4. The molecule has 1 fully saturated rings. The number of nitrogens with two attached hydrogens (primary N) is 2. The number of nitrogens with zero attached hydrogens (tertiary/aromatic N) is 4. The summed E-state index contributed by atoms with van der Waals surface area (Å²) in [5.41, 5.74) is 11.3. The Morgan fingerprint density at radius 3 is 2.40 bits per heavy atom. The number of aliphatic carboxylic acids is 1. The number of amides is 3. The van der Waals surface area contributed by atoms with Gasteiger partial charge in [-0.25, -0.2) is 24.5 Å². The van der Waals surface area contributed by atoms with Crippen molar-refractivity contribution in [1.29, 1.82) is 0 Å². The maximum Gasteiger partial charge on any atom is 0.418 e. The maximum atomic E-state index is 13.3. The fourth-order valence-electron chi connectivity index (χ4n) is 5.07. The van der Waals surface area contributed by atoms with Crippen molar-refractivity contribution in [2.24, 2.45) is 17.9 Å². The van der Waals surface area contributed by atoms with Gasteiger partial charge in [0.1, 0.15) is 30.1 Å². The third-order valence-electron chi connectivity index (χ3n) is 8.08. The number of oxime groups is 1. The van der Waals surface area contributed by atoms with Crippen molar-refractivity contribution in [3.05, 3.63) is 53.7 Å². The van der Waals surface area contributed by atoms with Gasteiger partial charge in [0.05, 0.1) is 18.8 Å². The van der Waals surface area contributed by atoms with Gasteiger partial charge in [0.25, 0.3) is 23.7 Å². The minimum absolute atomic E-state index is 0.0456. The van der Waals surface area contributed by atoms with Crippen molar-refractivity contribution >= 4 is 62.1 Å². The average molecular weight is 778 g/mol. The van der Waals surface area contributed by atoms with Gasteiger partial charge in [-0.15, -0.1) is 15.6 Å². The Labute approximate surface area is 308 Å². The highest BCUT2D eigenvalue weighted by molar-refractivity contribution is 7.80. The predicted octanol–water partition coefficient (Wildman–Crippen LogP) is 1.16. The average Bonchev–Trinajstić information content (AvgIpc) is 3.53. The molecule has 1 aliphatic heterocycles. The van der Waals surface area contributed by atoms with E-state index in [0.29, 0.717) is 23.1 Å². The van der Waals surface area contributed by atoms with Crippen LogP contribution in [-0.2, 0) is 45.7 Å². The van der Waals surface area contributed by atoms with Gasteiger partial charge in [0, 0.05) is 17.0 Å². The molecule has 3 heterocycles. The second-order valence-corrected chi connectivity index (χ2v) is 14.4. The molecule has 3 amide bonds. The summed E-state index contributed by atoms with van der Waals surface area (Å²) in [7, 11) is -3.24. The van der Waals surface area contributed by atoms with Gasteiger partial charge in [0.2, 0.25) is 0 Å². The lowest BCUT2D eigenvalue weighted by Crippen LogP contribution is -2.76. The summed E-state index contributed by atoms with van der Waals surface area (Å²) in [6, 6.07) is 8.38. The number of carbonyl (C=O) groups excluding carboxylic acids is 3. The smallest absolute Gasteiger partial charge is 0.418 e. The zero-order valence-corrected chi connectivity index (χ0v) is 30.8. The number of nitrogen functional groups attached to an aromatic ring is 1. The number of unbranched alkanes of at least 4 members (excludes halogenated alkanes) is 2. The molecule has 0 radical (unpaired) electrons. The number of carbonyl (C=O) groups is 4. The van der Waals surface area contributed by atoms with Crippen LogP contribution in [0.25, 0.3) is 11.1 Å². The fourth-order valence-corrected chi connectivity index (χ4v) is 6.07. The van der Waals surface area contributed by atoms with Gasteiger partial charge in [-0.1, -0.05) is 43.5 Å². The number of rotatable bonds is 18. The van der Waals surface area contributed by atoms with Gasteiger partial charge in [0.15, 0.2) is 10.8 Å². The van der Waals surface area contributed by atoms with E-state index in [4.69, 9.17) is 25.6 Å². The molecular weight excluding hydrogens is 737 g/mol. The van der Waals surface area contributed by atoms with Crippen LogP contribution in [-0.4, -0.2) is 87.9 Å². The van der Waals surface area contributed by atoms with E-state index in [1.807, 2.05) is 12.3 Å². The summed E-state index contributed by atoms with van der Waals surface area (Å²) >= 11 is 0.948. The molecule has 3 aromatic rings. The van der Waals surface area contributed by atoms with Gasteiger partial charge in [-0.2, -0.15) is 13.5 Å². The Balaban J connectivity index is 1.40. The summed E-state index contributed by atoms with van der Waals surface area (Å²) in [6.45, 7) is 4.26. The molecule has 0 bridgehead atoms. The number of anilines is 2. The van der Waals surface area contributed by atoms with Crippen molar-refractivity contribution in [2.75, 3.05) is 17.7 Å². The lowest BCUT2D eigenvalue weighted by molar-refractivity contribution is -0.656. The number of hydrogen-bond donors (Lipinski definition) is 6. The number of hydrogen-bond acceptors (Lipinski definition) is 14. The monoisotopic (exact) mass is 777 g/mol. The van der Waals surface area contributed by atoms with Crippen LogP contribution >= 0.6 is 11.3 Å². The van der Waals surface area contributed by atoms with E-state index >= 15 is 0 Å². The highest BCUT2D eigenvalue weighted by atomic mass is 32.3. The van der Waals surface area contributed by atoms with Gasteiger partial charge < -0.3 is 31.5 Å². The van der Waals surface area contributed by atoms with Crippen LogP contribution in [0.4, 0.5) is 10.9 Å². The number of thiazole rings is 1. The summed E-state index contributed by atoms with van der Waals surface area (Å²) < 4.78 is 42.9. The summed E-state index contributed by atoms with van der Waals surface area (Å²) in [4.78, 5) is 59.6. The number of aryl methyl sites for hydroxylation is 1. The van der Waals surface area contributed by atoms with Crippen molar-refractivity contribution in [2.45, 2.75) is 70.2 Å². The van der Waals surface area contributed by atoms with E-state index in [2.05, 4.69) is 32.0 Å². The van der Waals surface area contributed by atoms with E-state index in [-0.39, 0.29) is 16.7 Å². The van der Waals surface area contributed by atoms with Crippen LogP contribution in [0.1, 0.15) is 52.1 Å². The highest BCUT2D eigenvalue weighted by Gasteiger charge is 2.58. The van der Waals surface area contributed by atoms with Crippen LogP contribution in [0.5, 0.6) is 5.75 Å². The number of aromatic nitrogens is 2. The quantitative estimate of drug-likeness (QED) is 0.0264. The molecule has 4 rings (SSSR count). The van der Waals surface area contributed by atoms with Gasteiger partial charge in [-0.05, 0) is 44.0 Å². The Hall–Kier alpha value is -5.22. The normalized spacial score (nSPS) is 16.6. The highest BCUT2D eigenvalue weighted by Crippen LogP contribution is 2.33. The number of pyridine rings is 1. The molecule has 8 N–H and O–H groups in total. The molecule has 0 saturated carbocycles. The first-order chi connectivity index (χ1) is 24.9. The SMILES string of the molecule is CCCCC[C@H](N)C(=O)Nc1ccc(-c2ccc(OC[C@H](O/N=C(\C(=O)N[C@@H]3C(=O)N(OS(=O)(=O)O)C3(C)C)c3csc(N)n3)C(=O)O)cc2)c[n+]1C. The summed E-state index contributed by atoms with van der Waals surface area (Å²) in [6.07, 6.45) is 3.64. The van der Waals surface area contributed by atoms with Crippen LogP contribution in [0.3, 0.4) is 0 Å². The van der Waals surface area contributed by atoms with Gasteiger partial charge in [-0.3, -0.25) is 14.1 Å². The molecule has 19 nitrogen and oxygen atoms in total. The Morgan fingerprint density at radius 1 is 1.15 bits per heavy atom. The number of benzene rings is 1. The first-order valence-electron chi connectivity index (χ1n) is 16.2. The van der Waals surface area contributed by atoms with Crippen LogP contribution in [0.2, 0.25) is 0 Å². The number of carboxylic acids is 1. The zero-order chi connectivity index (χ0) is 39.1. The Morgan fingerprint density at radius 2 is 1.83 bits per heavy atom. The van der Waals surface area contributed by atoms with Gasteiger partial charge >= 0.3 is 22.3 Å². The number of carboxylic acid groups (broad SMARTS) is 1. The predicted molar refractivity (Wildman–Crippen MR) is 190 cm³/mol. The summed E-state index contributed by atoms with van der Waals surface area (Å²) in [5.74, 6) is -2.91. The molecular formula is C32H41N8O11S2+. The van der Waals surface area contributed by atoms with E-state index < -0.39 is 64.2 Å². The molecule has 53 heavy (non-hydrogen) atoms.